The number of anilines is 1. The number of carbonyl (C=O) groups excluding carboxylic acids is 1. The SMILES string of the molecule is CC(C)CCCC(C)C1CCC2C3CC=C4CC(CC(=O)Nc5ccccc5)CCC4(C)C3CCC12C. The van der Waals surface area contributed by atoms with E-state index in [9.17, 15) is 4.79 Å². The van der Waals surface area contributed by atoms with E-state index in [1.165, 1.54) is 64.2 Å². The molecule has 0 heterocycles. The molecule has 0 radical (unpaired) electrons. The third-order valence-electron chi connectivity index (χ3n) is 11.9. The molecule has 1 amide bonds. The summed E-state index contributed by atoms with van der Waals surface area (Å²) in [5.41, 5.74) is 3.56. The molecule has 0 saturated heterocycles. The van der Waals surface area contributed by atoms with Crippen LogP contribution in [0.3, 0.4) is 0 Å². The molecular weight excluding hydrogens is 450 g/mol. The van der Waals surface area contributed by atoms with Crippen LogP contribution in [0.1, 0.15) is 112 Å². The largest absolute Gasteiger partial charge is 0.326 e. The molecule has 1 N–H and O–H groups in total. The van der Waals surface area contributed by atoms with Gasteiger partial charge in [-0.05, 0) is 116 Å². The summed E-state index contributed by atoms with van der Waals surface area (Å²) in [6, 6.07) is 9.93. The molecule has 8 unspecified atom stereocenters. The molecule has 3 fully saturated rings. The second-order valence-electron chi connectivity index (χ2n) is 14.5. The summed E-state index contributed by atoms with van der Waals surface area (Å²) >= 11 is 0. The van der Waals surface area contributed by atoms with Crippen molar-refractivity contribution in [3.8, 4) is 0 Å². The molecule has 4 aliphatic carbocycles. The van der Waals surface area contributed by atoms with Crippen molar-refractivity contribution in [2.24, 2.45) is 52.3 Å². The van der Waals surface area contributed by atoms with E-state index in [1.54, 1.807) is 5.57 Å². The quantitative estimate of drug-likeness (QED) is 0.351. The maximum absolute atomic E-state index is 12.8. The summed E-state index contributed by atoms with van der Waals surface area (Å²) in [6.07, 6.45) is 18.3. The molecule has 8 atom stereocenters. The summed E-state index contributed by atoms with van der Waals surface area (Å²) in [6.45, 7) is 12.6. The number of nitrogens with one attached hydrogen (secondary N) is 1. The van der Waals surface area contributed by atoms with Gasteiger partial charge >= 0.3 is 0 Å². The number of benzene rings is 1. The van der Waals surface area contributed by atoms with Gasteiger partial charge in [-0.15, -0.1) is 0 Å². The van der Waals surface area contributed by atoms with E-state index in [0.717, 1.165) is 47.6 Å². The Bertz CT molecular complexity index is 965. The van der Waals surface area contributed by atoms with Gasteiger partial charge in [-0.3, -0.25) is 4.79 Å². The lowest BCUT2D eigenvalue weighted by Gasteiger charge is -2.58. The van der Waals surface area contributed by atoms with Crippen LogP contribution in [0.5, 0.6) is 0 Å². The average Bonchev–Trinajstić information content (AvgIpc) is 3.22. The van der Waals surface area contributed by atoms with E-state index in [-0.39, 0.29) is 5.91 Å². The number of hydrogen-bond acceptors (Lipinski definition) is 1. The normalized spacial score (nSPS) is 37.8. The number of para-hydroxylation sites is 1. The molecule has 0 aliphatic heterocycles. The molecule has 1 aromatic rings. The predicted octanol–water partition coefficient (Wildman–Crippen LogP) is 9.67. The average molecular weight is 504 g/mol. The Balaban J connectivity index is 1.22. The van der Waals surface area contributed by atoms with Crippen molar-refractivity contribution >= 4 is 11.6 Å². The van der Waals surface area contributed by atoms with Crippen LogP contribution in [0.2, 0.25) is 0 Å². The first-order chi connectivity index (χ1) is 17.7. The molecule has 2 heteroatoms. The second kappa shape index (κ2) is 10.9. The number of hydrogen-bond donors (Lipinski definition) is 1. The van der Waals surface area contributed by atoms with Crippen LogP contribution in [0.15, 0.2) is 42.0 Å². The van der Waals surface area contributed by atoms with Crippen LogP contribution in [-0.4, -0.2) is 5.91 Å². The van der Waals surface area contributed by atoms with E-state index in [4.69, 9.17) is 0 Å². The van der Waals surface area contributed by atoms with Crippen molar-refractivity contribution in [2.75, 3.05) is 5.32 Å². The van der Waals surface area contributed by atoms with Gasteiger partial charge < -0.3 is 5.32 Å². The highest BCUT2D eigenvalue weighted by Crippen LogP contribution is 2.67. The second-order valence-corrected chi connectivity index (χ2v) is 14.5. The van der Waals surface area contributed by atoms with E-state index < -0.39 is 0 Å². The molecule has 2 nitrogen and oxygen atoms in total. The minimum atomic E-state index is 0.182. The molecule has 4 aliphatic rings. The van der Waals surface area contributed by atoms with Crippen molar-refractivity contribution in [3.63, 3.8) is 0 Å². The van der Waals surface area contributed by atoms with Crippen molar-refractivity contribution in [3.05, 3.63) is 42.0 Å². The van der Waals surface area contributed by atoms with Crippen LogP contribution in [0, 0.1) is 52.3 Å². The summed E-state index contributed by atoms with van der Waals surface area (Å²) in [4.78, 5) is 12.8. The Morgan fingerprint density at radius 2 is 1.76 bits per heavy atom. The summed E-state index contributed by atoms with van der Waals surface area (Å²) in [5.74, 6) is 6.01. The summed E-state index contributed by atoms with van der Waals surface area (Å²) < 4.78 is 0. The van der Waals surface area contributed by atoms with Crippen molar-refractivity contribution in [1.82, 2.24) is 0 Å². The van der Waals surface area contributed by atoms with Crippen LogP contribution >= 0.6 is 0 Å². The highest BCUT2D eigenvalue weighted by atomic mass is 16.1. The number of fused-ring (bicyclic) bond motifs is 5. The first-order valence-electron chi connectivity index (χ1n) is 15.7. The number of amides is 1. The highest BCUT2D eigenvalue weighted by Gasteiger charge is 2.59. The van der Waals surface area contributed by atoms with E-state index in [0.29, 0.717) is 23.2 Å². The monoisotopic (exact) mass is 503 g/mol. The third-order valence-corrected chi connectivity index (χ3v) is 11.9. The van der Waals surface area contributed by atoms with Crippen LogP contribution in [0.25, 0.3) is 0 Å². The van der Waals surface area contributed by atoms with Gasteiger partial charge in [0.25, 0.3) is 0 Å². The summed E-state index contributed by atoms with van der Waals surface area (Å²) in [5, 5.41) is 3.12. The minimum absolute atomic E-state index is 0.182. The first kappa shape index (κ1) is 27.0. The minimum Gasteiger partial charge on any atom is -0.326 e. The van der Waals surface area contributed by atoms with Crippen molar-refractivity contribution in [1.29, 1.82) is 0 Å². The number of carbonyl (C=O) groups is 1. The van der Waals surface area contributed by atoms with Crippen LogP contribution in [0.4, 0.5) is 5.69 Å². The van der Waals surface area contributed by atoms with Gasteiger partial charge in [-0.25, -0.2) is 0 Å². The lowest BCUT2D eigenvalue weighted by atomic mass is 9.46. The smallest absolute Gasteiger partial charge is 0.224 e. The van der Waals surface area contributed by atoms with Crippen LogP contribution in [-0.2, 0) is 4.79 Å². The first-order valence-corrected chi connectivity index (χ1v) is 15.7. The number of allylic oxidation sites excluding steroid dienone is 2. The zero-order valence-electron chi connectivity index (χ0n) is 24.4. The topological polar surface area (TPSA) is 29.1 Å². The van der Waals surface area contributed by atoms with Gasteiger partial charge in [-0.1, -0.05) is 83.7 Å². The molecule has 0 aromatic heterocycles. The summed E-state index contributed by atoms with van der Waals surface area (Å²) in [7, 11) is 0. The molecule has 0 bridgehead atoms. The zero-order chi connectivity index (χ0) is 26.2. The maximum atomic E-state index is 12.8. The van der Waals surface area contributed by atoms with Gasteiger partial charge in [0.2, 0.25) is 5.91 Å². The van der Waals surface area contributed by atoms with E-state index in [1.807, 2.05) is 30.3 Å². The molecule has 5 rings (SSSR count). The van der Waals surface area contributed by atoms with Gasteiger partial charge in [-0.2, -0.15) is 0 Å². The Kier molecular flexibility index (Phi) is 7.95. The maximum Gasteiger partial charge on any atom is 0.224 e. The number of rotatable bonds is 8. The molecule has 3 saturated carbocycles. The predicted molar refractivity (Wildman–Crippen MR) is 156 cm³/mol. The fraction of sp³-hybridized carbons (Fsp3) is 0.743. The molecule has 0 spiro atoms. The fourth-order valence-corrected chi connectivity index (χ4v) is 9.93. The molecule has 204 valence electrons. The van der Waals surface area contributed by atoms with Crippen molar-refractivity contribution in [2.45, 2.75) is 112 Å². The Morgan fingerprint density at radius 1 is 0.973 bits per heavy atom. The van der Waals surface area contributed by atoms with Gasteiger partial charge in [0, 0.05) is 12.1 Å². The lowest BCUT2D eigenvalue weighted by Crippen LogP contribution is -2.50. The van der Waals surface area contributed by atoms with Crippen LogP contribution < -0.4 is 5.32 Å². The lowest BCUT2D eigenvalue weighted by molar-refractivity contribution is -0.117. The zero-order valence-corrected chi connectivity index (χ0v) is 24.4. The van der Waals surface area contributed by atoms with Gasteiger partial charge in [0.15, 0.2) is 0 Å². The van der Waals surface area contributed by atoms with E-state index >= 15 is 0 Å². The van der Waals surface area contributed by atoms with Crippen molar-refractivity contribution < 1.29 is 4.79 Å². The molecule has 1 aromatic carbocycles. The van der Waals surface area contributed by atoms with E-state index in [2.05, 4.69) is 46.0 Å². The molecule has 37 heavy (non-hydrogen) atoms. The third kappa shape index (κ3) is 5.33. The fourth-order valence-electron chi connectivity index (χ4n) is 9.93. The van der Waals surface area contributed by atoms with Gasteiger partial charge in [0.1, 0.15) is 0 Å². The Morgan fingerprint density at radius 3 is 2.51 bits per heavy atom. The molecular formula is C35H53NO. The Hall–Kier alpha value is -1.57. The Labute approximate surface area is 227 Å². The highest BCUT2D eigenvalue weighted by molar-refractivity contribution is 5.90. The van der Waals surface area contributed by atoms with Gasteiger partial charge in [0.05, 0.1) is 0 Å². The standard InChI is InChI=1S/C35H53NO/c1-24(2)10-9-11-25(3)30-16-17-31-29-15-14-27-22-26(23-33(37)36-28-12-7-6-8-13-28)18-20-34(27,4)32(29)19-21-35(30,31)5/h6-8,12-14,24-26,29-32H,9-11,15-23H2,1-5H3,(H,36,37).